The standard InChI is InChI=1S/C13H19NO3S/c15-18(16,11-12-5-2-1-3-6-12)17-10-13-7-4-8-14-9-13/h1-3,5-6,13-14H,4,7-11H2. The van der Waals surface area contributed by atoms with Crippen molar-refractivity contribution in [3.05, 3.63) is 35.9 Å². The lowest BCUT2D eigenvalue weighted by molar-refractivity contribution is 0.223. The first kappa shape index (κ1) is 13.5. The molecule has 1 N–H and O–H groups in total. The topological polar surface area (TPSA) is 55.4 Å². The predicted octanol–water partition coefficient (Wildman–Crippen LogP) is 1.53. The lowest BCUT2D eigenvalue weighted by Gasteiger charge is -2.22. The van der Waals surface area contributed by atoms with Gasteiger partial charge in [-0.15, -0.1) is 0 Å². The van der Waals surface area contributed by atoms with Gasteiger partial charge in [0.15, 0.2) is 0 Å². The van der Waals surface area contributed by atoms with E-state index in [1.54, 1.807) is 12.1 Å². The summed E-state index contributed by atoms with van der Waals surface area (Å²) in [6, 6.07) is 9.11. The van der Waals surface area contributed by atoms with Crippen LogP contribution in [0.2, 0.25) is 0 Å². The van der Waals surface area contributed by atoms with Crippen LogP contribution in [0.1, 0.15) is 18.4 Å². The average molecular weight is 269 g/mol. The molecule has 1 aromatic carbocycles. The molecule has 1 aliphatic rings. The van der Waals surface area contributed by atoms with Crippen molar-refractivity contribution in [3.63, 3.8) is 0 Å². The minimum atomic E-state index is -3.46. The molecule has 0 aliphatic carbocycles. The van der Waals surface area contributed by atoms with Crippen molar-refractivity contribution in [2.45, 2.75) is 18.6 Å². The van der Waals surface area contributed by atoms with Gasteiger partial charge in [-0.1, -0.05) is 30.3 Å². The summed E-state index contributed by atoms with van der Waals surface area (Å²) in [5, 5.41) is 3.25. The third-order valence-electron chi connectivity index (χ3n) is 3.07. The smallest absolute Gasteiger partial charge is 0.271 e. The third kappa shape index (κ3) is 4.40. The molecule has 0 bridgehead atoms. The molecule has 0 amide bonds. The van der Waals surface area contributed by atoms with Crippen molar-refractivity contribution >= 4 is 10.1 Å². The molecule has 1 fully saturated rings. The van der Waals surface area contributed by atoms with Crippen LogP contribution in [-0.2, 0) is 20.1 Å². The highest BCUT2D eigenvalue weighted by Gasteiger charge is 2.18. The fraction of sp³-hybridized carbons (Fsp3) is 0.538. The normalized spacial score (nSPS) is 20.8. The summed E-state index contributed by atoms with van der Waals surface area (Å²) in [6.07, 6.45) is 2.13. The molecule has 18 heavy (non-hydrogen) atoms. The Balaban J connectivity index is 1.83. The molecule has 1 unspecified atom stereocenters. The third-order valence-corrected chi connectivity index (χ3v) is 4.25. The number of nitrogens with one attached hydrogen (secondary N) is 1. The lowest BCUT2D eigenvalue weighted by atomic mass is 10.0. The van der Waals surface area contributed by atoms with E-state index >= 15 is 0 Å². The van der Waals surface area contributed by atoms with Crippen LogP contribution in [0.4, 0.5) is 0 Å². The molecule has 0 spiro atoms. The Morgan fingerprint density at radius 3 is 2.72 bits per heavy atom. The Labute approximate surface area is 108 Å². The summed E-state index contributed by atoms with van der Waals surface area (Å²) < 4.78 is 28.7. The molecule has 0 aromatic heterocycles. The second-order valence-corrected chi connectivity index (χ2v) is 6.32. The van der Waals surface area contributed by atoms with Gasteiger partial charge in [0.2, 0.25) is 0 Å². The molecular weight excluding hydrogens is 250 g/mol. The van der Waals surface area contributed by atoms with Gasteiger partial charge >= 0.3 is 0 Å². The molecule has 2 rings (SSSR count). The van der Waals surface area contributed by atoms with Gasteiger partial charge in [-0.25, -0.2) is 0 Å². The molecule has 4 nitrogen and oxygen atoms in total. The molecule has 1 saturated heterocycles. The van der Waals surface area contributed by atoms with Crippen LogP contribution in [0, 0.1) is 5.92 Å². The van der Waals surface area contributed by atoms with E-state index in [1.807, 2.05) is 18.2 Å². The zero-order chi connectivity index (χ0) is 12.8. The number of piperidine rings is 1. The Kier molecular flexibility index (Phi) is 4.74. The molecule has 5 heteroatoms. The molecule has 1 atom stereocenters. The Morgan fingerprint density at radius 1 is 1.28 bits per heavy atom. The maximum atomic E-state index is 11.8. The average Bonchev–Trinajstić information content (AvgIpc) is 2.38. The van der Waals surface area contributed by atoms with E-state index in [-0.39, 0.29) is 5.75 Å². The van der Waals surface area contributed by atoms with E-state index in [0.717, 1.165) is 31.5 Å². The van der Waals surface area contributed by atoms with Crippen LogP contribution in [0.3, 0.4) is 0 Å². The number of hydrogen-bond donors (Lipinski definition) is 1. The van der Waals surface area contributed by atoms with E-state index < -0.39 is 10.1 Å². The highest BCUT2D eigenvalue weighted by molar-refractivity contribution is 7.85. The second-order valence-electron chi connectivity index (χ2n) is 4.68. The molecule has 0 saturated carbocycles. The van der Waals surface area contributed by atoms with Crippen molar-refractivity contribution in [3.8, 4) is 0 Å². The zero-order valence-electron chi connectivity index (χ0n) is 10.3. The summed E-state index contributed by atoms with van der Waals surface area (Å²) in [7, 11) is -3.46. The van der Waals surface area contributed by atoms with Crippen LogP contribution in [-0.4, -0.2) is 28.1 Å². The number of hydrogen-bond acceptors (Lipinski definition) is 4. The number of benzene rings is 1. The highest BCUT2D eigenvalue weighted by atomic mass is 32.2. The summed E-state index contributed by atoms with van der Waals surface area (Å²) in [4.78, 5) is 0. The molecular formula is C13H19NO3S. The molecule has 1 heterocycles. The van der Waals surface area contributed by atoms with Gasteiger partial charge < -0.3 is 5.32 Å². The van der Waals surface area contributed by atoms with Gasteiger partial charge in [0.05, 0.1) is 6.61 Å². The van der Waals surface area contributed by atoms with Crippen LogP contribution < -0.4 is 5.32 Å². The predicted molar refractivity (Wildman–Crippen MR) is 70.6 cm³/mol. The Hall–Kier alpha value is -0.910. The van der Waals surface area contributed by atoms with Crippen molar-refractivity contribution in [2.24, 2.45) is 5.92 Å². The van der Waals surface area contributed by atoms with E-state index in [2.05, 4.69) is 5.32 Å². The van der Waals surface area contributed by atoms with Gasteiger partial charge in [-0.3, -0.25) is 4.18 Å². The van der Waals surface area contributed by atoms with Crippen molar-refractivity contribution in [2.75, 3.05) is 19.7 Å². The minimum absolute atomic E-state index is 0.0476. The first-order valence-corrected chi connectivity index (χ1v) is 7.85. The van der Waals surface area contributed by atoms with Crippen molar-refractivity contribution in [1.29, 1.82) is 0 Å². The van der Waals surface area contributed by atoms with E-state index in [0.29, 0.717) is 12.5 Å². The van der Waals surface area contributed by atoms with Crippen LogP contribution >= 0.6 is 0 Å². The van der Waals surface area contributed by atoms with Crippen LogP contribution in [0.15, 0.2) is 30.3 Å². The zero-order valence-corrected chi connectivity index (χ0v) is 11.2. The van der Waals surface area contributed by atoms with Gasteiger partial charge in [-0.2, -0.15) is 8.42 Å². The molecule has 1 aromatic rings. The summed E-state index contributed by atoms with van der Waals surface area (Å²) in [6.45, 7) is 2.16. The summed E-state index contributed by atoms with van der Waals surface area (Å²) >= 11 is 0. The lowest BCUT2D eigenvalue weighted by Crippen LogP contribution is -2.33. The van der Waals surface area contributed by atoms with Gasteiger partial charge in [0.1, 0.15) is 5.75 Å². The van der Waals surface area contributed by atoms with Gasteiger partial charge in [-0.05, 0) is 30.9 Å². The molecule has 0 radical (unpaired) electrons. The van der Waals surface area contributed by atoms with Crippen LogP contribution in [0.25, 0.3) is 0 Å². The van der Waals surface area contributed by atoms with Crippen molar-refractivity contribution < 1.29 is 12.6 Å². The second kappa shape index (κ2) is 6.31. The summed E-state index contributed by atoms with van der Waals surface area (Å²) in [5.74, 6) is 0.262. The fourth-order valence-electron chi connectivity index (χ4n) is 2.09. The highest BCUT2D eigenvalue weighted by Crippen LogP contribution is 2.13. The minimum Gasteiger partial charge on any atom is -0.316 e. The monoisotopic (exact) mass is 269 g/mol. The largest absolute Gasteiger partial charge is 0.316 e. The van der Waals surface area contributed by atoms with Crippen molar-refractivity contribution in [1.82, 2.24) is 5.32 Å². The van der Waals surface area contributed by atoms with E-state index in [4.69, 9.17) is 4.18 Å². The maximum absolute atomic E-state index is 11.8. The quantitative estimate of drug-likeness (QED) is 0.824. The first-order valence-electron chi connectivity index (χ1n) is 6.27. The van der Waals surface area contributed by atoms with Gasteiger partial charge in [0, 0.05) is 6.54 Å². The van der Waals surface area contributed by atoms with E-state index in [1.165, 1.54) is 0 Å². The Bertz CT molecular complexity index is 452. The molecule has 1 aliphatic heterocycles. The number of rotatable bonds is 5. The summed E-state index contributed by atoms with van der Waals surface area (Å²) in [5.41, 5.74) is 0.763. The van der Waals surface area contributed by atoms with Gasteiger partial charge in [0.25, 0.3) is 10.1 Å². The van der Waals surface area contributed by atoms with E-state index in [9.17, 15) is 8.42 Å². The maximum Gasteiger partial charge on any atom is 0.271 e. The fourth-order valence-corrected chi connectivity index (χ4v) is 3.17. The SMILES string of the molecule is O=S(=O)(Cc1ccccc1)OCC1CCCNC1. The molecule has 100 valence electrons. The van der Waals surface area contributed by atoms with Crippen LogP contribution in [0.5, 0.6) is 0 Å². The Morgan fingerprint density at radius 2 is 2.06 bits per heavy atom. The first-order chi connectivity index (χ1) is 8.66.